The fraction of sp³-hybridized carbons (Fsp3) is 0.538. The zero-order valence-electron chi connectivity index (χ0n) is 10.9. The molecule has 0 spiro atoms. The van der Waals surface area contributed by atoms with Crippen LogP contribution in [-0.4, -0.2) is 17.6 Å². The highest BCUT2D eigenvalue weighted by molar-refractivity contribution is 5.97. The second-order valence-electron chi connectivity index (χ2n) is 4.35. The molecule has 1 nitrogen and oxygen atoms in total. The zero-order valence-corrected chi connectivity index (χ0v) is 12.9. The lowest BCUT2D eigenvalue weighted by Gasteiger charge is -2.14. The van der Waals surface area contributed by atoms with Crippen LogP contribution in [0.25, 0.3) is 0 Å². The SMILES string of the molecule is CC(C)c1ccccc1C(C)C.CO[SiH3]. The third kappa shape index (κ3) is 5.14. The summed E-state index contributed by atoms with van der Waals surface area (Å²) in [4.78, 5) is 0. The summed E-state index contributed by atoms with van der Waals surface area (Å²) in [6.07, 6.45) is 0. The van der Waals surface area contributed by atoms with Crippen LogP contribution in [0.3, 0.4) is 0 Å². The van der Waals surface area contributed by atoms with E-state index in [9.17, 15) is 0 Å². The standard InChI is InChI=1S/C12H18.CH6OSi/c1-9(2)11-7-5-6-8-12(11)10(3)4;1-2-3/h5-10H,1-4H3;1,3H3. The van der Waals surface area contributed by atoms with E-state index in [2.05, 4.69) is 56.4 Å². The van der Waals surface area contributed by atoms with Crippen molar-refractivity contribution in [1.29, 1.82) is 0 Å². The molecular formula is C13H24OSi. The fourth-order valence-corrected chi connectivity index (χ4v) is 1.56. The van der Waals surface area contributed by atoms with Crippen molar-refractivity contribution in [1.82, 2.24) is 0 Å². The average molecular weight is 224 g/mol. The van der Waals surface area contributed by atoms with Gasteiger partial charge in [-0.25, -0.2) is 0 Å². The summed E-state index contributed by atoms with van der Waals surface area (Å²) in [6.45, 7) is 9.00. The van der Waals surface area contributed by atoms with E-state index >= 15 is 0 Å². The molecule has 1 rings (SSSR count). The number of benzene rings is 1. The quantitative estimate of drug-likeness (QED) is 0.702. The topological polar surface area (TPSA) is 9.23 Å². The van der Waals surface area contributed by atoms with Gasteiger partial charge in [0.05, 0.1) is 0 Å². The molecule has 0 bridgehead atoms. The van der Waals surface area contributed by atoms with Gasteiger partial charge >= 0.3 is 0 Å². The van der Waals surface area contributed by atoms with Gasteiger partial charge in [-0.1, -0.05) is 52.0 Å². The molecule has 0 heterocycles. The Morgan fingerprint density at radius 1 is 0.933 bits per heavy atom. The van der Waals surface area contributed by atoms with Crippen molar-refractivity contribution in [3.63, 3.8) is 0 Å². The highest BCUT2D eigenvalue weighted by Gasteiger charge is 2.07. The molecule has 0 saturated carbocycles. The van der Waals surface area contributed by atoms with Gasteiger partial charge < -0.3 is 4.43 Å². The van der Waals surface area contributed by atoms with E-state index in [0.717, 1.165) is 10.5 Å². The van der Waals surface area contributed by atoms with Crippen LogP contribution in [-0.2, 0) is 4.43 Å². The summed E-state index contributed by atoms with van der Waals surface area (Å²) in [5.41, 5.74) is 2.99. The first-order valence-electron chi connectivity index (χ1n) is 5.53. The Labute approximate surface area is 97.4 Å². The molecule has 1 aromatic rings. The molecule has 0 amide bonds. The summed E-state index contributed by atoms with van der Waals surface area (Å²) in [5.74, 6) is 1.28. The summed E-state index contributed by atoms with van der Waals surface area (Å²) in [7, 11) is 2.56. The Morgan fingerprint density at radius 3 is 1.40 bits per heavy atom. The zero-order chi connectivity index (χ0) is 11.8. The molecule has 15 heavy (non-hydrogen) atoms. The minimum absolute atomic E-state index is 0.642. The van der Waals surface area contributed by atoms with Gasteiger partial charge in [-0.3, -0.25) is 0 Å². The highest BCUT2D eigenvalue weighted by Crippen LogP contribution is 2.25. The monoisotopic (exact) mass is 224 g/mol. The fourth-order valence-electron chi connectivity index (χ4n) is 1.56. The average Bonchev–Trinajstić information content (AvgIpc) is 2.19. The Hall–Kier alpha value is -0.603. The Kier molecular flexibility index (Phi) is 7.35. The van der Waals surface area contributed by atoms with Crippen LogP contribution in [0.5, 0.6) is 0 Å². The van der Waals surface area contributed by atoms with Crippen molar-refractivity contribution in [3.8, 4) is 0 Å². The summed E-state index contributed by atoms with van der Waals surface area (Å²) >= 11 is 0. The van der Waals surface area contributed by atoms with Gasteiger partial charge in [-0.2, -0.15) is 0 Å². The molecule has 86 valence electrons. The van der Waals surface area contributed by atoms with Crippen LogP contribution in [0.15, 0.2) is 24.3 Å². The van der Waals surface area contributed by atoms with E-state index in [1.54, 1.807) is 7.11 Å². The molecule has 0 atom stereocenters. The van der Waals surface area contributed by atoms with Gasteiger partial charge in [0, 0.05) is 7.11 Å². The second-order valence-corrected chi connectivity index (χ2v) is 5.16. The van der Waals surface area contributed by atoms with E-state index < -0.39 is 0 Å². The molecular weight excluding hydrogens is 200 g/mol. The van der Waals surface area contributed by atoms with Crippen LogP contribution in [0.1, 0.15) is 50.7 Å². The molecule has 0 aliphatic carbocycles. The van der Waals surface area contributed by atoms with E-state index in [4.69, 9.17) is 0 Å². The van der Waals surface area contributed by atoms with Crippen molar-refractivity contribution >= 4 is 10.5 Å². The van der Waals surface area contributed by atoms with Crippen LogP contribution in [0, 0.1) is 0 Å². The first kappa shape index (κ1) is 14.4. The van der Waals surface area contributed by atoms with Gasteiger partial charge in [0.25, 0.3) is 0 Å². The maximum Gasteiger partial charge on any atom is 0.145 e. The predicted molar refractivity (Wildman–Crippen MR) is 71.6 cm³/mol. The molecule has 0 aromatic heterocycles. The van der Waals surface area contributed by atoms with Crippen LogP contribution in [0.2, 0.25) is 0 Å². The van der Waals surface area contributed by atoms with Crippen molar-refractivity contribution in [2.24, 2.45) is 0 Å². The molecule has 0 aliphatic heterocycles. The normalized spacial score (nSPS) is 10.3. The highest BCUT2D eigenvalue weighted by atomic mass is 28.2. The molecule has 2 heteroatoms. The van der Waals surface area contributed by atoms with E-state index in [-0.39, 0.29) is 0 Å². The number of rotatable bonds is 2. The van der Waals surface area contributed by atoms with Crippen LogP contribution in [0.4, 0.5) is 0 Å². The lowest BCUT2D eigenvalue weighted by Crippen LogP contribution is -1.97. The van der Waals surface area contributed by atoms with E-state index in [0.29, 0.717) is 11.8 Å². The van der Waals surface area contributed by atoms with E-state index in [1.165, 1.54) is 11.1 Å². The minimum Gasteiger partial charge on any atom is -0.431 e. The van der Waals surface area contributed by atoms with Crippen LogP contribution >= 0.6 is 0 Å². The van der Waals surface area contributed by atoms with Gasteiger partial charge in [-0.15, -0.1) is 0 Å². The van der Waals surface area contributed by atoms with Gasteiger partial charge in [0.2, 0.25) is 0 Å². The van der Waals surface area contributed by atoms with Gasteiger partial charge in [0.1, 0.15) is 10.5 Å². The molecule has 0 N–H and O–H groups in total. The minimum atomic E-state index is 0.642. The predicted octanol–water partition coefficient (Wildman–Crippen LogP) is 2.85. The molecule has 0 aliphatic rings. The lowest BCUT2D eigenvalue weighted by atomic mass is 9.91. The maximum atomic E-state index is 4.39. The summed E-state index contributed by atoms with van der Waals surface area (Å²) < 4.78 is 4.39. The van der Waals surface area contributed by atoms with Gasteiger partial charge in [0.15, 0.2) is 0 Å². The smallest absolute Gasteiger partial charge is 0.145 e. The third-order valence-electron chi connectivity index (χ3n) is 2.24. The summed E-state index contributed by atoms with van der Waals surface area (Å²) in [6, 6.07) is 8.72. The Bertz CT molecular complexity index is 242. The Balaban J connectivity index is 0.000000583. The molecule has 1 aromatic carbocycles. The molecule has 0 radical (unpaired) electrons. The first-order valence-corrected chi connectivity index (χ1v) is 6.35. The number of hydrogen-bond acceptors (Lipinski definition) is 1. The van der Waals surface area contributed by atoms with Crippen molar-refractivity contribution in [2.75, 3.05) is 7.11 Å². The van der Waals surface area contributed by atoms with E-state index in [1.807, 2.05) is 0 Å². The van der Waals surface area contributed by atoms with Crippen molar-refractivity contribution < 1.29 is 4.43 Å². The largest absolute Gasteiger partial charge is 0.431 e. The first-order chi connectivity index (χ1) is 7.04. The molecule has 0 fully saturated rings. The summed E-state index contributed by atoms with van der Waals surface area (Å²) in [5, 5.41) is 0. The maximum absolute atomic E-state index is 4.39. The van der Waals surface area contributed by atoms with Crippen LogP contribution < -0.4 is 0 Å². The second kappa shape index (κ2) is 7.66. The third-order valence-corrected chi connectivity index (χ3v) is 2.24. The molecule has 0 saturated heterocycles. The Morgan fingerprint density at radius 2 is 1.20 bits per heavy atom. The van der Waals surface area contributed by atoms with Crippen molar-refractivity contribution in [2.45, 2.75) is 39.5 Å². The van der Waals surface area contributed by atoms with Gasteiger partial charge in [-0.05, 0) is 23.0 Å². The molecule has 0 unspecified atom stereocenters. The lowest BCUT2D eigenvalue weighted by molar-refractivity contribution is 0.460. The van der Waals surface area contributed by atoms with Crippen molar-refractivity contribution in [3.05, 3.63) is 35.4 Å². The number of hydrogen-bond donors (Lipinski definition) is 0.